The summed E-state index contributed by atoms with van der Waals surface area (Å²) in [4.78, 5) is 13.6. The fourth-order valence-corrected chi connectivity index (χ4v) is 3.10. The van der Waals surface area contributed by atoms with Gasteiger partial charge in [-0.25, -0.2) is 4.79 Å². The van der Waals surface area contributed by atoms with Gasteiger partial charge < -0.3 is 15.0 Å². The van der Waals surface area contributed by atoms with E-state index in [1.807, 2.05) is 0 Å². The highest BCUT2D eigenvalue weighted by Crippen LogP contribution is 2.48. The minimum absolute atomic E-state index is 0.00838. The summed E-state index contributed by atoms with van der Waals surface area (Å²) in [6.07, 6.45) is -2.56. The maximum atomic E-state index is 13.2. The Balaban J connectivity index is 1.65. The van der Waals surface area contributed by atoms with Crippen molar-refractivity contribution in [1.29, 1.82) is 0 Å². The van der Waals surface area contributed by atoms with E-state index in [2.05, 4.69) is 5.32 Å². The highest BCUT2D eigenvalue weighted by atomic mass is 19.4. The van der Waals surface area contributed by atoms with Crippen molar-refractivity contribution in [2.24, 2.45) is 11.3 Å². The first-order chi connectivity index (χ1) is 9.26. The fourth-order valence-electron chi connectivity index (χ4n) is 3.10. The molecule has 1 atom stereocenters. The van der Waals surface area contributed by atoms with E-state index in [9.17, 15) is 18.0 Å². The predicted molar refractivity (Wildman–Crippen MR) is 65.2 cm³/mol. The van der Waals surface area contributed by atoms with Crippen LogP contribution in [0.4, 0.5) is 18.0 Å². The number of likely N-dealkylation sites (tertiary alicyclic amines) is 1. The summed E-state index contributed by atoms with van der Waals surface area (Å²) in [5.41, 5.74) is -2.11. The number of rotatable bonds is 2. The Morgan fingerprint density at radius 1 is 1.35 bits per heavy atom. The lowest BCUT2D eigenvalue weighted by Gasteiger charge is -2.38. The van der Waals surface area contributed by atoms with Crippen LogP contribution in [-0.2, 0) is 4.74 Å². The number of hydrogen-bond donors (Lipinski definition) is 1. The van der Waals surface area contributed by atoms with E-state index in [1.165, 1.54) is 4.90 Å². The Morgan fingerprint density at radius 2 is 2.00 bits per heavy atom. The van der Waals surface area contributed by atoms with Gasteiger partial charge in [0, 0.05) is 18.5 Å². The molecule has 1 saturated carbocycles. The van der Waals surface area contributed by atoms with E-state index in [4.69, 9.17) is 4.74 Å². The van der Waals surface area contributed by atoms with Gasteiger partial charge in [0.25, 0.3) is 0 Å². The fraction of sp³-hybridized carbons (Fsp3) is 0.923. The predicted octanol–water partition coefficient (Wildman–Crippen LogP) is 2.15. The molecule has 0 aromatic rings. The molecule has 4 nitrogen and oxygen atoms in total. The third-order valence-corrected chi connectivity index (χ3v) is 4.89. The Morgan fingerprint density at radius 3 is 2.40 bits per heavy atom. The molecule has 3 fully saturated rings. The van der Waals surface area contributed by atoms with Crippen LogP contribution in [0.3, 0.4) is 0 Å². The molecule has 1 spiro atoms. The number of carbonyl (C=O) groups is 1. The van der Waals surface area contributed by atoms with Gasteiger partial charge in [-0.05, 0) is 32.1 Å². The Kier molecular flexibility index (Phi) is 2.97. The lowest BCUT2D eigenvalue weighted by atomic mass is 9.85. The molecule has 2 saturated heterocycles. The number of carbonyl (C=O) groups excluding carboxylic acids is 1. The van der Waals surface area contributed by atoms with Gasteiger partial charge in [0.15, 0.2) is 0 Å². The van der Waals surface area contributed by atoms with Crippen LogP contribution in [0.15, 0.2) is 0 Å². The second-order valence-electron chi connectivity index (χ2n) is 6.57. The van der Waals surface area contributed by atoms with Gasteiger partial charge in [0.2, 0.25) is 0 Å². The third-order valence-electron chi connectivity index (χ3n) is 4.89. The number of urea groups is 1. The molecule has 0 aromatic heterocycles. The molecule has 2 amide bonds. The van der Waals surface area contributed by atoms with E-state index in [-0.39, 0.29) is 5.41 Å². The molecule has 1 unspecified atom stereocenters. The number of halogens is 3. The first-order valence-electron chi connectivity index (χ1n) is 6.97. The second-order valence-corrected chi connectivity index (χ2v) is 6.57. The van der Waals surface area contributed by atoms with Crippen molar-refractivity contribution < 1.29 is 22.7 Å². The van der Waals surface area contributed by atoms with Crippen molar-refractivity contribution in [1.82, 2.24) is 10.2 Å². The quantitative estimate of drug-likeness (QED) is 0.847. The number of hydrogen-bond acceptors (Lipinski definition) is 2. The largest absolute Gasteiger partial charge is 0.411 e. The summed E-state index contributed by atoms with van der Waals surface area (Å²) in [5.74, 6) is -0.491. The lowest BCUT2D eigenvalue weighted by molar-refractivity contribution is -0.194. The monoisotopic (exact) mass is 292 g/mol. The van der Waals surface area contributed by atoms with Crippen LogP contribution < -0.4 is 5.32 Å². The van der Waals surface area contributed by atoms with Crippen molar-refractivity contribution >= 4 is 6.03 Å². The maximum Gasteiger partial charge on any atom is 0.411 e. The van der Waals surface area contributed by atoms with Crippen LogP contribution in [0.2, 0.25) is 0 Å². The van der Waals surface area contributed by atoms with Gasteiger partial charge >= 0.3 is 12.2 Å². The zero-order valence-corrected chi connectivity index (χ0v) is 11.4. The zero-order valence-electron chi connectivity index (χ0n) is 11.4. The van der Waals surface area contributed by atoms with Crippen LogP contribution in [0.25, 0.3) is 0 Å². The van der Waals surface area contributed by atoms with Crippen LogP contribution in [0, 0.1) is 11.3 Å². The van der Waals surface area contributed by atoms with Gasteiger partial charge in [-0.1, -0.05) is 0 Å². The average Bonchev–Trinajstić information content (AvgIpc) is 3.04. The molecule has 7 heteroatoms. The van der Waals surface area contributed by atoms with Crippen molar-refractivity contribution in [3.05, 3.63) is 0 Å². The molecule has 0 radical (unpaired) electrons. The summed E-state index contributed by atoms with van der Waals surface area (Å²) in [6.45, 7) is 3.32. The van der Waals surface area contributed by atoms with Crippen LogP contribution in [0.1, 0.15) is 26.2 Å². The van der Waals surface area contributed by atoms with Gasteiger partial charge in [-0.2, -0.15) is 13.2 Å². The van der Waals surface area contributed by atoms with Crippen molar-refractivity contribution in [3.8, 4) is 0 Å². The van der Waals surface area contributed by atoms with E-state index in [0.717, 1.165) is 13.3 Å². The normalized spacial score (nSPS) is 28.1. The smallest absolute Gasteiger partial charge is 0.380 e. The maximum absolute atomic E-state index is 13.2. The number of nitrogens with one attached hydrogen (secondary N) is 1. The van der Waals surface area contributed by atoms with Gasteiger partial charge in [-0.15, -0.1) is 0 Å². The molecule has 0 bridgehead atoms. The summed E-state index contributed by atoms with van der Waals surface area (Å²) in [5, 5.41) is 2.24. The average molecular weight is 292 g/mol. The molecule has 20 heavy (non-hydrogen) atoms. The topological polar surface area (TPSA) is 41.6 Å². The first-order valence-corrected chi connectivity index (χ1v) is 6.97. The molecule has 0 aromatic carbocycles. The highest BCUT2D eigenvalue weighted by Gasteiger charge is 2.60. The first kappa shape index (κ1) is 14.0. The van der Waals surface area contributed by atoms with Gasteiger partial charge in [-0.3, -0.25) is 0 Å². The standard InChI is InChI=1S/C13H19F3N2O2/c1-11(9-2-3-9,13(14,15)16)17-10(19)18-5-4-12(6-18)7-20-8-12/h9H,2-8H2,1H3,(H,17,19). The second kappa shape index (κ2) is 4.26. The molecule has 1 aliphatic carbocycles. The van der Waals surface area contributed by atoms with Gasteiger partial charge in [0.1, 0.15) is 5.54 Å². The zero-order chi connectivity index (χ0) is 14.6. The number of ether oxygens (including phenoxy) is 1. The lowest BCUT2D eigenvalue weighted by Crippen LogP contribution is -2.61. The Hall–Kier alpha value is -0.980. The molecule has 1 N–H and O–H groups in total. The molecule has 3 rings (SSSR count). The molecule has 2 aliphatic heterocycles. The summed E-state index contributed by atoms with van der Waals surface area (Å²) in [7, 11) is 0. The van der Waals surface area contributed by atoms with Crippen LogP contribution >= 0.6 is 0 Å². The number of nitrogens with zero attached hydrogens (tertiary/aromatic N) is 1. The third kappa shape index (κ3) is 2.16. The number of amides is 2. The molecular weight excluding hydrogens is 273 g/mol. The van der Waals surface area contributed by atoms with E-state index in [1.54, 1.807) is 0 Å². The Bertz CT molecular complexity index is 418. The summed E-state index contributed by atoms with van der Waals surface area (Å²) >= 11 is 0. The number of alkyl halides is 3. The molecule has 2 heterocycles. The molecular formula is C13H19F3N2O2. The van der Waals surface area contributed by atoms with Crippen LogP contribution in [-0.4, -0.2) is 48.9 Å². The molecule has 114 valence electrons. The van der Waals surface area contributed by atoms with Crippen molar-refractivity contribution in [2.75, 3.05) is 26.3 Å². The summed E-state index contributed by atoms with van der Waals surface area (Å²) in [6, 6.07) is -0.597. The Labute approximate surface area is 115 Å². The highest BCUT2D eigenvalue weighted by molar-refractivity contribution is 5.75. The van der Waals surface area contributed by atoms with Crippen LogP contribution in [0.5, 0.6) is 0 Å². The van der Waals surface area contributed by atoms with Crippen molar-refractivity contribution in [2.45, 2.75) is 37.9 Å². The minimum atomic E-state index is -4.42. The SMILES string of the molecule is CC(NC(=O)N1CCC2(COC2)C1)(C1CC1)C(F)(F)F. The minimum Gasteiger partial charge on any atom is -0.380 e. The van der Waals surface area contributed by atoms with E-state index < -0.39 is 23.7 Å². The van der Waals surface area contributed by atoms with Crippen molar-refractivity contribution in [3.63, 3.8) is 0 Å². The van der Waals surface area contributed by atoms with E-state index >= 15 is 0 Å². The molecule has 3 aliphatic rings. The summed E-state index contributed by atoms with van der Waals surface area (Å²) < 4.78 is 44.8. The van der Waals surface area contributed by atoms with Gasteiger partial charge in [0.05, 0.1) is 13.2 Å². The van der Waals surface area contributed by atoms with E-state index in [0.29, 0.717) is 39.1 Å².